The van der Waals surface area contributed by atoms with Gasteiger partial charge in [-0.25, -0.2) is 19.6 Å². The van der Waals surface area contributed by atoms with Crippen molar-refractivity contribution in [2.45, 2.75) is 52.7 Å². The lowest BCUT2D eigenvalue weighted by Crippen LogP contribution is -2.47. The first-order chi connectivity index (χ1) is 14.1. The second kappa shape index (κ2) is 10.1. The second-order valence-corrected chi connectivity index (χ2v) is 7.34. The number of rotatable bonds is 5. The summed E-state index contributed by atoms with van der Waals surface area (Å²) in [4.78, 5) is 13.7. The highest BCUT2D eigenvalue weighted by Crippen LogP contribution is 2.19. The molecule has 2 N–H and O–H groups in total. The number of nitrogens with one attached hydrogen (secondary N) is 2. The molecule has 3 aromatic rings. The molecule has 1 unspecified atom stereocenters. The Labute approximate surface area is 193 Å². The van der Waals surface area contributed by atoms with Crippen molar-refractivity contribution in [1.82, 2.24) is 30.4 Å². The molecular formula is C21H28IN7O. The van der Waals surface area contributed by atoms with Crippen molar-refractivity contribution < 1.29 is 4.42 Å². The fraction of sp³-hybridized carbons (Fsp3) is 0.429. The van der Waals surface area contributed by atoms with Gasteiger partial charge in [0.25, 0.3) is 0 Å². The van der Waals surface area contributed by atoms with E-state index in [1.165, 1.54) is 5.56 Å². The highest BCUT2D eigenvalue weighted by atomic mass is 127. The maximum absolute atomic E-state index is 5.63. The zero-order valence-corrected chi connectivity index (χ0v) is 19.9. The van der Waals surface area contributed by atoms with Crippen LogP contribution in [0.1, 0.15) is 36.3 Å². The lowest BCUT2D eigenvalue weighted by Gasteiger charge is -2.25. The molecule has 9 heteroatoms. The molecule has 30 heavy (non-hydrogen) atoms. The summed E-state index contributed by atoms with van der Waals surface area (Å²) >= 11 is 0. The molecule has 3 heterocycles. The minimum absolute atomic E-state index is 0. The van der Waals surface area contributed by atoms with Crippen LogP contribution in [0.5, 0.6) is 0 Å². The van der Waals surface area contributed by atoms with Gasteiger partial charge >= 0.3 is 0 Å². The van der Waals surface area contributed by atoms with Crippen molar-refractivity contribution in [1.29, 1.82) is 0 Å². The predicted molar refractivity (Wildman–Crippen MR) is 127 cm³/mol. The number of halogens is 1. The van der Waals surface area contributed by atoms with Crippen molar-refractivity contribution in [2.24, 2.45) is 4.99 Å². The number of hydrogen-bond donors (Lipinski definition) is 2. The highest BCUT2D eigenvalue weighted by molar-refractivity contribution is 14.0. The molecule has 1 aromatic carbocycles. The Bertz CT molecular complexity index is 993. The third kappa shape index (κ3) is 5.38. The number of fused-ring (bicyclic) bond motifs is 1. The number of aromatic nitrogens is 4. The number of aryl methyl sites for hydroxylation is 3. The molecule has 8 nitrogen and oxygen atoms in total. The van der Waals surface area contributed by atoms with Gasteiger partial charge in [0.05, 0.1) is 13.1 Å². The Hall–Kier alpha value is -2.43. The van der Waals surface area contributed by atoms with Crippen molar-refractivity contribution >= 4 is 29.9 Å². The predicted octanol–water partition coefficient (Wildman–Crippen LogP) is 3.24. The first-order valence-electron chi connectivity index (χ1n) is 10.1. The van der Waals surface area contributed by atoms with Gasteiger partial charge in [0.1, 0.15) is 23.6 Å². The van der Waals surface area contributed by atoms with E-state index in [2.05, 4.69) is 56.7 Å². The topological polar surface area (TPSA) is 93.2 Å². The van der Waals surface area contributed by atoms with Gasteiger partial charge in [0.15, 0.2) is 5.96 Å². The lowest BCUT2D eigenvalue weighted by molar-refractivity contribution is 0.392. The summed E-state index contributed by atoms with van der Waals surface area (Å²) in [6, 6.07) is 8.40. The van der Waals surface area contributed by atoms with E-state index in [0.717, 1.165) is 54.8 Å². The zero-order chi connectivity index (χ0) is 20.2. The molecule has 1 atom stereocenters. The number of nitrogens with zero attached hydrogens (tertiary/aromatic N) is 5. The van der Waals surface area contributed by atoms with Crippen LogP contribution in [0, 0.1) is 13.8 Å². The monoisotopic (exact) mass is 521 g/mol. The highest BCUT2D eigenvalue weighted by Gasteiger charge is 2.21. The van der Waals surface area contributed by atoms with Gasteiger partial charge in [-0.2, -0.15) is 5.10 Å². The van der Waals surface area contributed by atoms with Crippen LogP contribution in [0.4, 0.5) is 0 Å². The van der Waals surface area contributed by atoms with Crippen LogP contribution < -0.4 is 10.6 Å². The van der Waals surface area contributed by atoms with Crippen molar-refractivity contribution in [3.05, 3.63) is 53.4 Å². The normalized spacial score (nSPS) is 16.0. The van der Waals surface area contributed by atoms with E-state index in [1.807, 2.05) is 23.7 Å². The molecule has 0 bridgehead atoms. The molecule has 0 saturated carbocycles. The zero-order valence-electron chi connectivity index (χ0n) is 17.6. The maximum Gasteiger partial charge on any atom is 0.226 e. The molecule has 0 saturated heterocycles. The molecule has 0 amide bonds. The van der Waals surface area contributed by atoms with E-state index in [1.54, 1.807) is 6.26 Å². The Morgan fingerprint density at radius 3 is 2.80 bits per heavy atom. The standard InChI is InChI=1S/C21H27N7O.HI/c1-4-22-21(26-17-9-10-19-24-15(3)27-28(19)12-17)23-11-18-13-29-20(25-18)16-7-5-14(2)6-8-16;/h5-8,13,17H,4,9-12H2,1-3H3,(H2,22,23,26);1H. The molecule has 0 spiro atoms. The van der Waals surface area contributed by atoms with Crippen molar-refractivity contribution in [3.8, 4) is 11.5 Å². The number of benzene rings is 1. The molecule has 160 valence electrons. The summed E-state index contributed by atoms with van der Waals surface area (Å²) in [5.41, 5.74) is 2.98. The summed E-state index contributed by atoms with van der Waals surface area (Å²) in [6.07, 6.45) is 3.60. The second-order valence-electron chi connectivity index (χ2n) is 7.34. The fourth-order valence-corrected chi connectivity index (χ4v) is 3.43. The number of aliphatic imine (C=N–C) groups is 1. The van der Waals surface area contributed by atoms with Gasteiger partial charge in [-0.3, -0.25) is 0 Å². The fourth-order valence-electron chi connectivity index (χ4n) is 3.43. The summed E-state index contributed by atoms with van der Waals surface area (Å²) < 4.78 is 7.63. The summed E-state index contributed by atoms with van der Waals surface area (Å²) in [7, 11) is 0. The van der Waals surface area contributed by atoms with Crippen LogP contribution in [0.15, 0.2) is 39.9 Å². The molecule has 4 rings (SSSR count). The van der Waals surface area contributed by atoms with Crippen LogP contribution in [0.3, 0.4) is 0 Å². The molecular weight excluding hydrogens is 493 g/mol. The Kier molecular flexibility index (Phi) is 7.46. The van der Waals surface area contributed by atoms with Crippen LogP contribution in [0.2, 0.25) is 0 Å². The van der Waals surface area contributed by atoms with E-state index in [0.29, 0.717) is 12.4 Å². The van der Waals surface area contributed by atoms with Gasteiger partial charge in [0, 0.05) is 24.6 Å². The smallest absolute Gasteiger partial charge is 0.226 e. The molecule has 0 aliphatic carbocycles. The quantitative estimate of drug-likeness (QED) is 0.304. The number of oxazole rings is 1. The summed E-state index contributed by atoms with van der Waals surface area (Å²) in [5, 5.41) is 11.3. The van der Waals surface area contributed by atoms with Gasteiger partial charge in [-0.05, 0) is 39.3 Å². The van der Waals surface area contributed by atoms with E-state index in [4.69, 9.17) is 4.42 Å². The van der Waals surface area contributed by atoms with Crippen LogP contribution >= 0.6 is 24.0 Å². The van der Waals surface area contributed by atoms with Gasteiger partial charge < -0.3 is 15.1 Å². The average Bonchev–Trinajstić information content (AvgIpc) is 3.32. The minimum atomic E-state index is 0. The Balaban J connectivity index is 0.00000256. The first kappa shape index (κ1) is 22.3. The summed E-state index contributed by atoms with van der Waals surface area (Å²) in [5.74, 6) is 3.29. The van der Waals surface area contributed by atoms with E-state index in [-0.39, 0.29) is 30.0 Å². The largest absolute Gasteiger partial charge is 0.444 e. The van der Waals surface area contributed by atoms with Crippen LogP contribution in [0.25, 0.3) is 11.5 Å². The molecule has 1 aliphatic heterocycles. The van der Waals surface area contributed by atoms with Gasteiger partial charge in [-0.15, -0.1) is 24.0 Å². The molecule has 1 aliphatic rings. The lowest BCUT2D eigenvalue weighted by atomic mass is 10.1. The SMILES string of the molecule is CCNC(=NCc1coc(-c2ccc(C)cc2)n1)NC1CCc2nc(C)nn2C1.I. The van der Waals surface area contributed by atoms with Crippen molar-refractivity contribution in [3.63, 3.8) is 0 Å². The Morgan fingerprint density at radius 2 is 2.03 bits per heavy atom. The third-order valence-electron chi connectivity index (χ3n) is 4.90. The van der Waals surface area contributed by atoms with Gasteiger partial charge in [-0.1, -0.05) is 17.7 Å². The van der Waals surface area contributed by atoms with Crippen LogP contribution in [-0.2, 0) is 19.5 Å². The Morgan fingerprint density at radius 1 is 1.23 bits per heavy atom. The molecule has 0 fully saturated rings. The third-order valence-corrected chi connectivity index (χ3v) is 4.90. The molecule has 0 radical (unpaired) electrons. The van der Waals surface area contributed by atoms with Crippen molar-refractivity contribution in [2.75, 3.05) is 6.54 Å². The average molecular weight is 521 g/mol. The van der Waals surface area contributed by atoms with Gasteiger partial charge in [0.2, 0.25) is 5.89 Å². The maximum atomic E-state index is 5.63. The summed E-state index contributed by atoms with van der Waals surface area (Å²) in [6.45, 7) is 8.09. The van der Waals surface area contributed by atoms with E-state index >= 15 is 0 Å². The van der Waals surface area contributed by atoms with E-state index in [9.17, 15) is 0 Å². The number of hydrogen-bond acceptors (Lipinski definition) is 5. The molecule has 2 aromatic heterocycles. The van der Waals surface area contributed by atoms with E-state index < -0.39 is 0 Å². The number of guanidine groups is 1. The van der Waals surface area contributed by atoms with Crippen LogP contribution in [-0.4, -0.2) is 38.3 Å². The minimum Gasteiger partial charge on any atom is -0.444 e. The first-order valence-corrected chi connectivity index (χ1v) is 10.1.